The molecule has 0 aliphatic heterocycles. The Bertz CT molecular complexity index is 888. The van der Waals surface area contributed by atoms with Crippen molar-refractivity contribution in [2.75, 3.05) is 7.11 Å². The van der Waals surface area contributed by atoms with Gasteiger partial charge in [-0.15, -0.1) is 11.3 Å². The minimum absolute atomic E-state index is 0.429. The number of benzene rings is 1. The number of carbonyl (C=O) groups excluding carboxylic acids is 1. The highest BCUT2D eigenvalue weighted by molar-refractivity contribution is 7.99. The summed E-state index contributed by atoms with van der Waals surface area (Å²) in [6.07, 6.45) is -1.09. The monoisotopic (exact) mass is 369 g/mol. The van der Waals surface area contributed by atoms with Gasteiger partial charge in [-0.3, -0.25) is 4.98 Å². The van der Waals surface area contributed by atoms with E-state index in [-0.39, 0.29) is 0 Å². The van der Waals surface area contributed by atoms with Crippen LogP contribution < -0.4 is 0 Å². The van der Waals surface area contributed by atoms with E-state index in [0.29, 0.717) is 9.77 Å². The van der Waals surface area contributed by atoms with Crippen molar-refractivity contribution in [1.29, 1.82) is 0 Å². The fourth-order valence-corrected chi connectivity index (χ4v) is 4.01. The third-order valence-corrected chi connectivity index (χ3v) is 5.31. The topological polar surface area (TPSA) is 39.2 Å². The lowest BCUT2D eigenvalue weighted by atomic mass is 10.2. The van der Waals surface area contributed by atoms with Crippen molar-refractivity contribution in [3.8, 4) is 0 Å². The Balaban J connectivity index is 1.92. The van der Waals surface area contributed by atoms with E-state index in [1.807, 2.05) is 0 Å². The first-order chi connectivity index (χ1) is 11.4. The summed E-state index contributed by atoms with van der Waals surface area (Å²) in [5.74, 6) is -0.429. The highest BCUT2D eigenvalue weighted by Crippen LogP contribution is 2.38. The number of rotatable bonds is 3. The number of hydrogen-bond donors (Lipinski definition) is 0. The van der Waals surface area contributed by atoms with Gasteiger partial charge in [-0.2, -0.15) is 13.2 Å². The maximum absolute atomic E-state index is 12.6. The first-order valence-corrected chi connectivity index (χ1v) is 8.33. The van der Waals surface area contributed by atoms with E-state index < -0.39 is 17.7 Å². The van der Waals surface area contributed by atoms with Crippen LogP contribution in [0.2, 0.25) is 0 Å². The lowest BCUT2D eigenvalue weighted by Gasteiger charge is -2.07. The van der Waals surface area contributed by atoms with E-state index in [2.05, 4.69) is 4.98 Å². The summed E-state index contributed by atoms with van der Waals surface area (Å²) in [7, 11) is 1.31. The molecule has 0 fully saturated rings. The van der Waals surface area contributed by atoms with Crippen molar-refractivity contribution in [3.05, 3.63) is 53.2 Å². The van der Waals surface area contributed by atoms with Gasteiger partial charge >= 0.3 is 12.1 Å². The second-order valence-corrected chi connectivity index (χ2v) is 6.98. The van der Waals surface area contributed by atoms with Gasteiger partial charge < -0.3 is 4.74 Å². The van der Waals surface area contributed by atoms with Crippen molar-refractivity contribution in [3.63, 3.8) is 0 Å². The molecule has 1 aromatic carbocycles. The van der Waals surface area contributed by atoms with Crippen LogP contribution in [-0.2, 0) is 10.9 Å². The Labute approximate surface area is 143 Å². The van der Waals surface area contributed by atoms with Gasteiger partial charge in [-0.25, -0.2) is 4.79 Å². The minimum atomic E-state index is -4.35. The van der Waals surface area contributed by atoms with Gasteiger partial charge in [0.05, 0.1) is 17.4 Å². The van der Waals surface area contributed by atoms with Crippen LogP contribution >= 0.6 is 23.1 Å². The van der Waals surface area contributed by atoms with Crippen LogP contribution in [0.25, 0.3) is 10.1 Å². The number of aromatic nitrogens is 1. The van der Waals surface area contributed by atoms with Crippen molar-refractivity contribution in [1.82, 2.24) is 4.98 Å². The van der Waals surface area contributed by atoms with E-state index in [0.717, 1.165) is 27.1 Å². The summed E-state index contributed by atoms with van der Waals surface area (Å²) in [5, 5.41) is 0.820. The number of carbonyl (C=O) groups is 1. The molecule has 0 spiro atoms. The minimum Gasteiger partial charge on any atom is -0.465 e. The molecule has 0 amide bonds. The molecule has 2 heterocycles. The van der Waals surface area contributed by atoms with Crippen LogP contribution in [0.5, 0.6) is 0 Å². The Morgan fingerprint density at radius 1 is 1.21 bits per heavy atom. The third kappa shape index (κ3) is 3.39. The number of methoxy groups -OCH3 is 1. The van der Waals surface area contributed by atoms with E-state index in [9.17, 15) is 18.0 Å². The molecular weight excluding hydrogens is 359 g/mol. The van der Waals surface area contributed by atoms with Crippen molar-refractivity contribution in [2.45, 2.75) is 16.0 Å². The number of pyridine rings is 1. The van der Waals surface area contributed by atoms with Gasteiger partial charge in [-0.05, 0) is 30.3 Å². The number of hydrogen-bond acceptors (Lipinski definition) is 5. The maximum Gasteiger partial charge on any atom is 0.416 e. The van der Waals surface area contributed by atoms with Crippen molar-refractivity contribution < 1.29 is 22.7 Å². The normalized spacial score (nSPS) is 11.7. The average molecular weight is 369 g/mol. The molecule has 0 unspecified atom stereocenters. The number of esters is 1. The van der Waals surface area contributed by atoms with E-state index in [1.165, 1.54) is 42.3 Å². The van der Waals surface area contributed by atoms with Gasteiger partial charge in [0.25, 0.3) is 0 Å². The van der Waals surface area contributed by atoms with E-state index >= 15 is 0 Å². The Morgan fingerprint density at radius 2 is 1.92 bits per heavy atom. The number of thiophene rings is 1. The summed E-state index contributed by atoms with van der Waals surface area (Å²) in [6, 6.07) is 6.63. The van der Waals surface area contributed by atoms with Gasteiger partial charge in [-0.1, -0.05) is 11.8 Å². The summed E-state index contributed by atoms with van der Waals surface area (Å²) in [5.41, 5.74) is -0.688. The summed E-state index contributed by atoms with van der Waals surface area (Å²) in [6.45, 7) is 0. The van der Waals surface area contributed by atoms with Gasteiger partial charge in [0.1, 0.15) is 4.88 Å². The average Bonchev–Trinajstić information content (AvgIpc) is 2.99. The molecule has 0 radical (unpaired) electrons. The molecule has 0 N–H and O–H groups in total. The summed E-state index contributed by atoms with van der Waals surface area (Å²) in [4.78, 5) is 17.6. The molecule has 3 nitrogen and oxygen atoms in total. The molecule has 124 valence electrons. The fraction of sp³-hybridized carbons (Fsp3) is 0.125. The van der Waals surface area contributed by atoms with Crippen molar-refractivity contribution in [2.24, 2.45) is 0 Å². The standard InChI is InChI=1S/C16H10F3NO2S2/c1-22-15(21)12-6-11-13(7-20-8-14(11)24-12)23-10-4-2-9(3-5-10)16(17,18)19/h2-8H,1H3. The van der Waals surface area contributed by atoms with E-state index in [1.54, 1.807) is 18.5 Å². The van der Waals surface area contributed by atoms with Crippen molar-refractivity contribution >= 4 is 39.2 Å². The highest BCUT2D eigenvalue weighted by Gasteiger charge is 2.30. The molecule has 0 saturated carbocycles. The molecule has 24 heavy (non-hydrogen) atoms. The van der Waals surface area contributed by atoms with Crippen LogP contribution in [0.15, 0.2) is 52.5 Å². The van der Waals surface area contributed by atoms with E-state index in [4.69, 9.17) is 4.74 Å². The SMILES string of the molecule is COC(=O)c1cc2c(Sc3ccc(C(F)(F)F)cc3)cncc2s1. The van der Waals surface area contributed by atoms with Crippen LogP contribution in [0.4, 0.5) is 13.2 Å². The highest BCUT2D eigenvalue weighted by atomic mass is 32.2. The Morgan fingerprint density at radius 3 is 2.54 bits per heavy atom. The van der Waals surface area contributed by atoms with Crippen LogP contribution in [0, 0.1) is 0 Å². The molecule has 2 aromatic heterocycles. The smallest absolute Gasteiger partial charge is 0.416 e. The molecule has 0 atom stereocenters. The molecule has 3 rings (SSSR count). The van der Waals surface area contributed by atoms with Gasteiger partial charge in [0.2, 0.25) is 0 Å². The molecule has 0 bridgehead atoms. The summed E-state index contributed by atoms with van der Waals surface area (Å²) >= 11 is 2.56. The second-order valence-electron chi connectivity index (χ2n) is 4.78. The second kappa shape index (κ2) is 6.45. The number of nitrogens with zero attached hydrogens (tertiary/aromatic N) is 1. The molecule has 0 aliphatic rings. The Kier molecular flexibility index (Phi) is 4.51. The lowest BCUT2D eigenvalue weighted by molar-refractivity contribution is -0.137. The number of fused-ring (bicyclic) bond motifs is 1. The van der Waals surface area contributed by atoms with Gasteiger partial charge in [0, 0.05) is 27.6 Å². The molecule has 0 aliphatic carbocycles. The maximum atomic E-state index is 12.6. The molecular formula is C16H10F3NO2S2. The zero-order valence-corrected chi connectivity index (χ0v) is 13.9. The quantitative estimate of drug-likeness (QED) is 0.591. The van der Waals surface area contributed by atoms with Crippen LogP contribution in [-0.4, -0.2) is 18.1 Å². The number of alkyl halides is 3. The fourth-order valence-electron chi connectivity index (χ4n) is 2.06. The molecule has 0 saturated heterocycles. The molecule has 8 heteroatoms. The van der Waals surface area contributed by atoms with Gasteiger partial charge in [0.15, 0.2) is 0 Å². The van der Waals surface area contributed by atoms with Crippen LogP contribution in [0.3, 0.4) is 0 Å². The third-order valence-electron chi connectivity index (χ3n) is 3.21. The largest absolute Gasteiger partial charge is 0.465 e. The molecule has 3 aromatic rings. The number of ether oxygens (including phenoxy) is 1. The zero-order valence-electron chi connectivity index (χ0n) is 12.3. The Hall–Kier alpha value is -2.06. The van der Waals surface area contributed by atoms with Crippen LogP contribution in [0.1, 0.15) is 15.2 Å². The number of halogens is 3. The first kappa shape index (κ1) is 16.8. The first-order valence-electron chi connectivity index (χ1n) is 6.69. The zero-order chi connectivity index (χ0) is 17.3. The lowest BCUT2D eigenvalue weighted by Crippen LogP contribution is -2.03. The predicted octanol–water partition coefficient (Wildman–Crippen LogP) is 5.25. The predicted molar refractivity (Wildman–Crippen MR) is 86.5 cm³/mol. The summed E-state index contributed by atoms with van der Waals surface area (Å²) < 4.78 is 43.3.